The second-order valence-corrected chi connectivity index (χ2v) is 18.8. The highest BCUT2D eigenvalue weighted by Crippen LogP contribution is 2.51. The molecule has 8 rings (SSSR count). The molecule has 0 bridgehead atoms. The van der Waals surface area contributed by atoms with Crippen LogP contribution in [0.25, 0.3) is 0 Å². The number of halogens is 2. The predicted molar refractivity (Wildman–Crippen MR) is 244 cm³/mol. The second-order valence-electron chi connectivity index (χ2n) is 17.9. The molecule has 4 aromatic heterocycles. The van der Waals surface area contributed by atoms with Crippen molar-refractivity contribution < 1.29 is 14.5 Å². The van der Waals surface area contributed by atoms with Gasteiger partial charge in [-0.15, -0.1) is 0 Å². The van der Waals surface area contributed by atoms with Crippen LogP contribution in [0.4, 0.5) is 33.9 Å². The van der Waals surface area contributed by atoms with Crippen LogP contribution in [0.3, 0.4) is 0 Å². The molecule has 62 heavy (non-hydrogen) atoms. The highest BCUT2D eigenvalue weighted by molar-refractivity contribution is 6.30. The Kier molecular flexibility index (Phi) is 16.5. The van der Waals surface area contributed by atoms with Crippen LogP contribution < -0.4 is 20.9 Å². The van der Waals surface area contributed by atoms with Gasteiger partial charge in [-0.3, -0.25) is 20.4 Å². The highest BCUT2D eigenvalue weighted by atomic mass is 35.5. The Hall–Kier alpha value is -4.89. The molecule has 0 unspecified atom stereocenters. The smallest absolute Gasteiger partial charge is 0.413 e. The van der Waals surface area contributed by atoms with E-state index in [2.05, 4.69) is 51.9 Å². The molecule has 4 aliphatic rings. The number of hydrogen-bond donors (Lipinski definition) is 2. The molecule has 0 spiro atoms. The van der Waals surface area contributed by atoms with Gasteiger partial charge in [-0.1, -0.05) is 43.0 Å². The first kappa shape index (κ1) is 46.6. The number of carbonyl (C=O) groups is 1. The lowest BCUT2D eigenvalue weighted by Gasteiger charge is -2.32. The molecule has 4 fully saturated rings. The predicted octanol–water partition coefficient (Wildman–Crippen LogP) is 10.1. The summed E-state index contributed by atoms with van der Waals surface area (Å²) < 4.78 is 5.00. The molecule has 17 heteroatoms. The van der Waals surface area contributed by atoms with E-state index in [1.165, 1.54) is 76.3 Å². The molecule has 0 radical (unpaired) electrons. The summed E-state index contributed by atoms with van der Waals surface area (Å²) in [5, 5.41) is 14.0. The maximum Gasteiger partial charge on any atom is 0.413 e. The number of amides is 1. The maximum absolute atomic E-state index is 11.3. The van der Waals surface area contributed by atoms with Crippen LogP contribution in [-0.4, -0.2) is 72.7 Å². The molecule has 4 atom stereocenters. The largest absolute Gasteiger partial charge is 0.444 e. The molecule has 2 saturated carbocycles. The minimum absolute atomic E-state index is 0.139. The van der Waals surface area contributed by atoms with E-state index >= 15 is 0 Å². The van der Waals surface area contributed by atoms with Crippen LogP contribution in [0.1, 0.15) is 97.6 Å². The van der Waals surface area contributed by atoms with Gasteiger partial charge in [0.2, 0.25) is 11.9 Å². The molecule has 6 heterocycles. The number of nitro groups is 1. The number of anilines is 4. The number of rotatable bonds is 12. The molecule has 3 N–H and O–H groups in total. The van der Waals surface area contributed by atoms with Crippen LogP contribution >= 0.6 is 23.2 Å². The summed E-state index contributed by atoms with van der Waals surface area (Å²) in [6, 6.07) is 6.58. The van der Waals surface area contributed by atoms with Crippen molar-refractivity contribution in [3.63, 3.8) is 0 Å². The minimum atomic E-state index is -0.654. The number of aryl methyl sites for hydroxylation is 1. The number of nitrogens with two attached hydrogens (primary N) is 1. The molecule has 1 amide bonds. The third kappa shape index (κ3) is 14.6. The maximum atomic E-state index is 11.3. The van der Waals surface area contributed by atoms with Gasteiger partial charge in [-0.2, -0.15) is 0 Å². The second kappa shape index (κ2) is 22.0. The van der Waals surface area contributed by atoms with Gasteiger partial charge in [0.25, 0.3) is 5.69 Å². The van der Waals surface area contributed by atoms with Crippen molar-refractivity contribution in [2.45, 2.75) is 104 Å². The van der Waals surface area contributed by atoms with Gasteiger partial charge in [0.15, 0.2) is 0 Å². The van der Waals surface area contributed by atoms with E-state index in [1.54, 1.807) is 51.8 Å². The van der Waals surface area contributed by atoms with Crippen molar-refractivity contribution >= 4 is 58.4 Å². The fraction of sp³-hybridized carbons (Fsp3) is 0.578. The van der Waals surface area contributed by atoms with E-state index in [0.717, 1.165) is 97.6 Å². The fourth-order valence-electron chi connectivity index (χ4n) is 8.83. The van der Waals surface area contributed by atoms with Crippen LogP contribution in [0.15, 0.2) is 61.4 Å². The summed E-state index contributed by atoms with van der Waals surface area (Å²) in [6.07, 6.45) is 23.3. The van der Waals surface area contributed by atoms with E-state index in [-0.39, 0.29) is 11.5 Å². The number of nitrogens with one attached hydrogen (secondary N) is 1. The zero-order chi connectivity index (χ0) is 44.2. The number of ether oxygens (including phenoxy) is 1. The van der Waals surface area contributed by atoms with Gasteiger partial charge in [0, 0.05) is 37.9 Å². The van der Waals surface area contributed by atoms with E-state index in [1.807, 2.05) is 12.1 Å². The van der Waals surface area contributed by atoms with E-state index in [9.17, 15) is 14.9 Å². The Bertz CT molecular complexity index is 2010. The van der Waals surface area contributed by atoms with Gasteiger partial charge in [0.1, 0.15) is 17.6 Å². The van der Waals surface area contributed by atoms with E-state index in [4.69, 9.17) is 33.7 Å². The first-order chi connectivity index (χ1) is 29.7. The SMILES string of the molecule is CC(C)(C)OC(=O)Nc1ccc([N+](=O)[O-])cn1.CCC[C@@H]1C[C@@H]1C1CCN(c2ncc(Cl)cn2)CC1.Nc1ccc(CCC[C@@H]2C[C@@H]2C2CCN(c3ncc(Cl)cn3)CC2)nc1. The highest BCUT2D eigenvalue weighted by Gasteiger charge is 2.44. The van der Waals surface area contributed by atoms with Crippen molar-refractivity contribution in [2.24, 2.45) is 35.5 Å². The number of pyridine rings is 2. The molecule has 334 valence electrons. The number of aromatic nitrogens is 6. The Morgan fingerprint density at radius 3 is 1.76 bits per heavy atom. The summed E-state index contributed by atoms with van der Waals surface area (Å²) in [7, 11) is 0. The quantitative estimate of drug-likeness (QED) is 0.101. The zero-order valence-electron chi connectivity index (χ0n) is 36.3. The lowest BCUT2D eigenvalue weighted by Crippen LogP contribution is -2.35. The minimum Gasteiger partial charge on any atom is -0.444 e. The van der Waals surface area contributed by atoms with Crippen molar-refractivity contribution in [2.75, 3.05) is 47.0 Å². The van der Waals surface area contributed by atoms with Crippen LogP contribution in [0.5, 0.6) is 0 Å². The van der Waals surface area contributed by atoms with E-state index < -0.39 is 16.6 Å². The van der Waals surface area contributed by atoms with Gasteiger partial charge >= 0.3 is 6.09 Å². The molecule has 15 nitrogen and oxygen atoms in total. The Morgan fingerprint density at radius 2 is 1.32 bits per heavy atom. The number of nitrogens with zero attached hydrogens (tertiary/aromatic N) is 9. The van der Waals surface area contributed by atoms with Gasteiger partial charge < -0.3 is 20.3 Å². The van der Waals surface area contributed by atoms with Crippen molar-refractivity contribution in [3.8, 4) is 0 Å². The summed E-state index contributed by atoms with van der Waals surface area (Å²) in [5.41, 5.74) is 6.84. The van der Waals surface area contributed by atoms with Crippen LogP contribution in [0.2, 0.25) is 10.0 Å². The Balaban J connectivity index is 0.000000160. The summed E-state index contributed by atoms with van der Waals surface area (Å²) >= 11 is 11.7. The molecule has 2 saturated heterocycles. The number of hydrogen-bond acceptors (Lipinski definition) is 13. The van der Waals surface area contributed by atoms with Crippen molar-refractivity contribution in [1.29, 1.82) is 0 Å². The average Bonchev–Trinajstić information content (AvgIpc) is 4.20. The summed E-state index contributed by atoms with van der Waals surface area (Å²) in [6.45, 7) is 11.8. The first-order valence-corrected chi connectivity index (χ1v) is 22.8. The first-order valence-electron chi connectivity index (χ1n) is 22.0. The third-order valence-electron chi connectivity index (χ3n) is 12.1. The molecule has 4 aromatic rings. The van der Waals surface area contributed by atoms with E-state index in [0.29, 0.717) is 10.0 Å². The third-order valence-corrected chi connectivity index (χ3v) is 12.5. The van der Waals surface area contributed by atoms with Crippen LogP contribution in [-0.2, 0) is 11.2 Å². The molecule has 2 aliphatic heterocycles. The molecule has 2 aliphatic carbocycles. The van der Waals surface area contributed by atoms with Gasteiger partial charge in [0.05, 0.1) is 51.6 Å². The van der Waals surface area contributed by atoms with Crippen LogP contribution in [0, 0.1) is 45.6 Å². The summed E-state index contributed by atoms with van der Waals surface area (Å²) in [5.74, 6) is 7.58. The lowest BCUT2D eigenvalue weighted by atomic mass is 9.90. The number of piperidine rings is 2. The summed E-state index contributed by atoms with van der Waals surface area (Å²) in [4.78, 5) is 51.2. The van der Waals surface area contributed by atoms with Gasteiger partial charge in [-0.25, -0.2) is 29.7 Å². The standard InChI is InChI=1S/C20H26ClN5.C15H22ClN3.C10H13N3O4/c21-16-11-24-20(25-12-16)26-8-6-14(7-9-26)19-10-15(19)2-1-3-18-5-4-17(22)13-23-18;1-2-3-12-8-14(12)11-4-6-19(7-5-11)15-17-9-13(16)10-18-15;1-10(2,3)17-9(14)12-8-5-4-7(6-11-8)13(15)16/h4-5,11-15,19H,1-3,6-10,22H2;9-12,14H,2-8H2,1H3;4-6H,1-3H3,(H,11,12,14)/t15-,19-;12-,14-;/m11./s1. The number of nitrogen functional groups attached to an aromatic ring is 1. The van der Waals surface area contributed by atoms with Crippen molar-refractivity contribution in [3.05, 3.63) is 87.3 Å². The molecular formula is C45H61Cl2N11O4. The fourth-order valence-corrected chi connectivity index (χ4v) is 9.02. The zero-order valence-corrected chi connectivity index (χ0v) is 37.8. The monoisotopic (exact) mass is 889 g/mol. The lowest BCUT2D eigenvalue weighted by molar-refractivity contribution is -0.385. The molecule has 0 aromatic carbocycles. The average molecular weight is 891 g/mol. The van der Waals surface area contributed by atoms with Gasteiger partial charge in [-0.05, 0) is 132 Å². The Labute approximate surface area is 375 Å². The topological polar surface area (TPSA) is 191 Å². The Morgan fingerprint density at radius 1 is 0.790 bits per heavy atom. The number of carbonyl (C=O) groups excluding carboxylic acids is 1. The van der Waals surface area contributed by atoms with Crippen molar-refractivity contribution in [1.82, 2.24) is 29.9 Å². The molecular weight excluding hydrogens is 829 g/mol. The normalized spacial score (nSPS) is 21.1.